The van der Waals surface area contributed by atoms with Crippen LogP contribution in [0.5, 0.6) is 11.5 Å². The van der Waals surface area contributed by atoms with E-state index in [1.54, 1.807) is 23.1 Å². The van der Waals surface area contributed by atoms with Crippen LogP contribution in [0.25, 0.3) is 0 Å². The second-order valence-electron chi connectivity index (χ2n) is 8.91. The van der Waals surface area contributed by atoms with E-state index in [1.165, 1.54) is 0 Å². The number of carbonyl (C=O) groups excluding carboxylic acids is 2. The van der Waals surface area contributed by atoms with Crippen LogP contribution in [-0.2, 0) is 29.0 Å². The van der Waals surface area contributed by atoms with Crippen molar-refractivity contribution in [3.8, 4) is 11.5 Å². The van der Waals surface area contributed by atoms with Crippen molar-refractivity contribution < 1.29 is 19.1 Å². The standard InChI is InChI=1S/C29H30Cl2N2O4/c1-2-15-32-29(35)25(16-20-7-4-3-5-8-20)33(18-22-23(30)9-6-10-24(22)31)28(34)14-12-21-11-13-26-27(17-21)37-19-36-26/h3-11,13,17,25H,2,12,14-16,18-19H2,1H3,(H,32,35). The van der Waals surface area contributed by atoms with Gasteiger partial charge in [-0.2, -0.15) is 0 Å². The minimum Gasteiger partial charge on any atom is -0.454 e. The fourth-order valence-electron chi connectivity index (χ4n) is 4.27. The van der Waals surface area contributed by atoms with Gasteiger partial charge in [0.05, 0.1) is 0 Å². The molecule has 1 heterocycles. The molecule has 0 bridgehead atoms. The maximum Gasteiger partial charge on any atom is 0.243 e. The molecule has 3 aromatic carbocycles. The topological polar surface area (TPSA) is 67.9 Å². The Morgan fingerprint density at radius 1 is 0.946 bits per heavy atom. The fraction of sp³-hybridized carbons (Fsp3) is 0.310. The summed E-state index contributed by atoms with van der Waals surface area (Å²) >= 11 is 13.0. The number of rotatable bonds is 11. The fourth-order valence-corrected chi connectivity index (χ4v) is 4.78. The summed E-state index contributed by atoms with van der Waals surface area (Å²) in [6.07, 6.45) is 1.84. The van der Waals surface area contributed by atoms with Crippen LogP contribution in [0.15, 0.2) is 66.7 Å². The number of carbonyl (C=O) groups is 2. The molecule has 194 valence electrons. The summed E-state index contributed by atoms with van der Waals surface area (Å²) in [7, 11) is 0. The van der Waals surface area contributed by atoms with E-state index in [0.29, 0.717) is 46.5 Å². The molecule has 37 heavy (non-hydrogen) atoms. The summed E-state index contributed by atoms with van der Waals surface area (Å²) < 4.78 is 10.9. The first-order valence-electron chi connectivity index (χ1n) is 12.4. The molecule has 0 spiro atoms. The highest BCUT2D eigenvalue weighted by atomic mass is 35.5. The highest BCUT2D eigenvalue weighted by Crippen LogP contribution is 2.33. The van der Waals surface area contributed by atoms with E-state index >= 15 is 0 Å². The molecule has 4 rings (SSSR count). The predicted molar refractivity (Wildman–Crippen MR) is 145 cm³/mol. The summed E-state index contributed by atoms with van der Waals surface area (Å²) in [6.45, 7) is 2.83. The molecule has 0 saturated carbocycles. The largest absolute Gasteiger partial charge is 0.454 e. The molecule has 0 aliphatic carbocycles. The van der Waals surface area contributed by atoms with Crippen molar-refractivity contribution in [2.24, 2.45) is 0 Å². The van der Waals surface area contributed by atoms with Crippen LogP contribution in [0, 0.1) is 0 Å². The molecule has 1 N–H and O–H groups in total. The van der Waals surface area contributed by atoms with Gasteiger partial charge in [0, 0.05) is 41.5 Å². The number of nitrogens with zero attached hydrogens (tertiary/aromatic N) is 1. The smallest absolute Gasteiger partial charge is 0.243 e. The third kappa shape index (κ3) is 6.96. The zero-order chi connectivity index (χ0) is 26.2. The Morgan fingerprint density at radius 3 is 2.41 bits per heavy atom. The minimum atomic E-state index is -0.731. The molecular formula is C29H30Cl2N2O4. The molecule has 1 unspecified atom stereocenters. The number of aryl methyl sites for hydroxylation is 1. The second kappa shape index (κ2) is 12.8. The summed E-state index contributed by atoms with van der Waals surface area (Å²) in [5.74, 6) is 0.998. The first-order valence-corrected chi connectivity index (χ1v) is 13.1. The summed E-state index contributed by atoms with van der Waals surface area (Å²) in [4.78, 5) is 28.8. The van der Waals surface area contributed by atoms with Crippen molar-refractivity contribution in [1.82, 2.24) is 10.2 Å². The first-order chi connectivity index (χ1) is 18.0. The Labute approximate surface area is 227 Å². The van der Waals surface area contributed by atoms with Gasteiger partial charge in [-0.1, -0.05) is 72.6 Å². The third-order valence-electron chi connectivity index (χ3n) is 6.27. The van der Waals surface area contributed by atoms with Crippen molar-refractivity contribution >= 4 is 35.0 Å². The van der Waals surface area contributed by atoms with Crippen LogP contribution in [0.1, 0.15) is 36.5 Å². The van der Waals surface area contributed by atoms with Crippen molar-refractivity contribution in [2.75, 3.05) is 13.3 Å². The number of ether oxygens (including phenoxy) is 2. The Bertz CT molecular complexity index is 1220. The van der Waals surface area contributed by atoms with Crippen LogP contribution in [0.4, 0.5) is 0 Å². The molecule has 1 atom stereocenters. The normalized spacial score (nSPS) is 12.7. The number of nitrogens with one attached hydrogen (secondary N) is 1. The van der Waals surface area contributed by atoms with Crippen LogP contribution in [-0.4, -0.2) is 36.1 Å². The maximum atomic E-state index is 13.8. The molecule has 3 aromatic rings. The molecule has 0 radical (unpaired) electrons. The average molecular weight is 541 g/mol. The Morgan fingerprint density at radius 2 is 1.68 bits per heavy atom. The lowest BCUT2D eigenvalue weighted by Crippen LogP contribution is -2.50. The number of hydrogen-bond donors (Lipinski definition) is 1. The van der Waals surface area contributed by atoms with E-state index in [1.807, 2.05) is 55.5 Å². The third-order valence-corrected chi connectivity index (χ3v) is 6.98. The van der Waals surface area contributed by atoms with Gasteiger partial charge in [-0.3, -0.25) is 9.59 Å². The molecule has 8 heteroatoms. The van der Waals surface area contributed by atoms with E-state index in [0.717, 1.165) is 17.5 Å². The number of hydrogen-bond acceptors (Lipinski definition) is 4. The lowest BCUT2D eigenvalue weighted by Gasteiger charge is -2.32. The maximum absolute atomic E-state index is 13.8. The molecular weight excluding hydrogens is 511 g/mol. The van der Waals surface area contributed by atoms with Crippen LogP contribution < -0.4 is 14.8 Å². The molecule has 1 aliphatic rings. The molecule has 2 amide bonds. The van der Waals surface area contributed by atoms with Crippen LogP contribution in [0.2, 0.25) is 10.0 Å². The van der Waals surface area contributed by atoms with E-state index < -0.39 is 6.04 Å². The van der Waals surface area contributed by atoms with Gasteiger partial charge in [0.2, 0.25) is 18.6 Å². The number of halogens is 2. The number of amides is 2. The average Bonchev–Trinajstić information content (AvgIpc) is 3.38. The van der Waals surface area contributed by atoms with Gasteiger partial charge in [0.1, 0.15) is 6.04 Å². The van der Waals surface area contributed by atoms with Crippen molar-refractivity contribution in [1.29, 1.82) is 0 Å². The van der Waals surface area contributed by atoms with Crippen molar-refractivity contribution in [2.45, 2.75) is 45.2 Å². The van der Waals surface area contributed by atoms with Gasteiger partial charge >= 0.3 is 0 Å². The second-order valence-corrected chi connectivity index (χ2v) is 9.72. The van der Waals surface area contributed by atoms with E-state index in [9.17, 15) is 9.59 Å². The lowest BCUT2D eigenvalue weighted by atomic mass is 10.0. The van der Waals surface area contributed by atoms with Gasteiger partial charge in [-0.25, -0.2) is 0 Å². The van der Waals surface area contributed by atoms with Crippen LogP contribution in [0.3, 0.4) is 0 Å². The Kier molecular flexibility index (Phi) is 9.31. The van der Waals surface area contributed by atoms with Gasteiger partial charge < -0.3 is 19.7 Å². The van der Waals surface area contributed by atoms with Crippen LogP contribution >= 0.6 is 23.2 Å². The Hall–Kier alpha value is -3.22. The van der Waals surface area contributed by atoms with Crippen molar-refractivity contribution in [3.05, 3.63) is 93.5 Å². The summed E-state index contributed by atoms with van der Waals surface area (Å²) in [6, 6.07) is 19.8. The molecule has 6 nitrogen and oxygen atoms in total. The zero-order valence-electron chi connectivity index (χ0n) is 20.7. The van der Waals surface area contributed by atoms with Crippen molar-refractivity contribution in [3.63, 3.8) is 0 Å². The molecule has 0 fully saturated rings. The number of fused-ring (bicyclic) bond motifs is 1. The van der Waals surface area contributed by atoms with E-state index in [4.69, 9.17) is 32.7 Å². The number of benzene rings is 3. The highest BCUT2D eigenvalue weighted by Gasteiger charge is 2.31. The summed E-state index contributed by atoms with van der Waals surface area (Å²) in [5.41, 5.74) is 2.52. The SMILES string of the molecule is CCCNC(=O)C(Cc1ccccc1)N(Cc1c(Cl)cccc1Cl)C(=O)CCc1ccc2c(c1)OCO2. The molecule has 1 aliphatic heterocycles. The lowest BCUT2D eigenvalue weighted by molar-refractivity contribution is -0.141. The van der Waals surface area contributed by atoms with Gasteiger partial charge in [-0.05, 0) is 48.2 Å². The van der Waals surface area contributed by atoms with E-state index in [-0.39, 0.29) is 31.6 Å². The Balaban J connectivity index is 1.62. The summed E-state index contributed by atoms with van der Waals surface area (Å²) in [5, 5.41) is 3.88. The monoisotopic (exact) mass is 540 g/mol. The zero-order valence-corrected chi connectivity index (χ0v) is 22.2. The van der Waals surface area contributed by atoms with Gasteiger partial charge in [-0.15, -0.1) is 0 Å². The predicted octanol–water partition coefficient (Wildman–Crippen LogP) is 5.82. The van der Waals surface area contributed by atoms with E-state index in [2.05, 4.69) is 5.32 Å². The minimum absolute atomic E-state index is 0.121. The quantitative estimate of drug-likeness (QED) is 0.332. The van der Waals surface area contributed by atoms with Gasteiger partial charge in [0.25, 0.3) is 0 Å². The van der Waals surface area contributed by atoms with Gasteiger partial charge in [0.15, 0.2) is 11.5 Å². The molecule has 0 aromatic heterocycles. The molecule has 0 saturated heterocycles. The highest BCUT2D eigenvalue weighted by molar-refractivity contribution is 6.36. The first kappa shape index (κ1) is 26.8.